The van der Waals surface area contributed by atoms with E-state index in [0.29, 0.717) is 90.9 Å². The highest BCUT2D eigenvalue weighted by molar-refractivity contribution is 7.81. The number of rotatable bonds is 8. The van der Waals surface area contributed by atoms with E-state index in [4.69, 9.17) is 77.3 Å². The standard InChI is InChI=1S/C12H19NO.C12H20O.C12H18O.C12H20S.C12H18S.C11H18N2O.C11H19NS.C11H17NS.ClH2NO/c1-2-12-5-8-3-9(6-12)11(13-14)10(4-8)7-12;4*1-2-12-5-8-3-9(6-12)11(13)10(4-8)7-12;12-6-11-3-7-1-8(4-11)10(13-14)9(2-7)5-11;2*12-6-11-3-7-1-8(4-11)10(13)9(2-7)5-11;1-3-2/h8-10,14H,2-7H2,1H3;8-11,13H,2-7H2,1H3;8-10H,2-7H2,1H3;8-11,13H,2-7H2,1H3;8-10H,2-7H2,1H3;7-9,14H,1-6,12H2;7-10,13H,1-6,12H2;7-9H,1-6,12H2;2H2. The van der Waals surface area contributed by atoms with E-state index in [-0.39, 0.29) is 6.10 Å². The summed E-state index contributed by atoms with van der Waals surface area (Å²) in [5.41, 5.74) is 24.9. The molecule has 11 N–H and O–H groups in total. The first-order chi connectivity index (χ1) is 52.3. The number of hydrogen-bond acceptors (Lipinski definition) is 15. The van der Waals surface area contributed by atoms with Crippen molar-refractivity contribution in [2.24, 2.45) is 219 Å². The molecule has 32 bridgehead atoms. The number of Topliss-reactive ketones (excluding diaryl/α,β-unsaturated/α-hetero) is 1. The average Bonchev–Trinajstić information content (AvgIpc) is 0.781. The third kappa shape index (κ3) is 15.8. The van der Waals surface area contributed by atoms with Gasteiger partial charge in [0.05, 0.1) is 29.4 Å². The Labute approximate surface area is 686 Å². The number of thiocarbonyl (C=S) groups is 2. The van der Waals surface area contributed by atoms with Crippen LogP contribution in [0, 0.1) is 185 Å². The first-order valence-electron chi connectivity index (χ1n) is 46.4. The highest BCUT2D eigenvalue weighted by atomic mass is 35.5. The molecule has 16 atom stereocenters. The molecule has 32 aliphatic rings. The van der Waals surface area contributed by atoms with Gasteiger partial charge in [0.1, 0.15) is 5.78 Å². The lowest BCUT2D eigenvalue weighted by atomic mass is 9.48. The van der Waals surface area contributed by atoms with Crippen LogP contribution in [-0.4, -0.2) is 78.7 Å². The van der Waals surface area contributed by atoms with Crippen LogP contribution in [0.15, 0.2) is 10.3 Å². The Morgan fingerprint density at radius 3 is 0.826 bits per heavy atom. The number of aliphatic hydroxyl groups is 1. The molecular weight excluding hydrogens is 1440 g/mol. The number of thiol groups is 2. The van der Waals surface area contributed by atoms with Gasteiger partial charge in [0, 0.05) is 46.0 Å². The van der Waals surface area contributed by atoms with E-state index in [2.05, 4.69) is 67.1 Å². The van der Waals surface area contributed by atoms with Gasteiger partial charge in [-0.15, -0.1) is 0 Å². The summed E-state index contributed by atoms with van der Waals surface area (Å²) in [7, 11) is 0. The number of aliphatic hydroxyl groups excluding tert-OH is 1. The molecule has 614 valence electrons. The van der Waals surface area contributed by atoms with Gasteiger partial charge in [-0.1, -0.05) is 101 Å². The minimum absolute atomic E-state index is 0.0659. The van der Waals surface area contributed by atoms with Crippen LogP contribution in [0.2, 0.25) is 0 Å². The van der Waals surface area contributed by atoms with Crippen molar-refractivity contribution in [3.05, 3.63) is 0 Å². The summed E-state index contributed by atoms with van der Waals surface area (Å²) in [6.07, 6.45) is 61.6. The Hall–Kier alpha value is -0.460. The van der Waals surface area contributed by atoms with Gasteiger partial charge in [-0.3, -0.25) is 4.79 Å². The molecule has 0 heterocycles. The van der Waals surface area contributed by atoms with Gasteiger partial charge in [0.2, 0.25) is 0 Å². The monoisotopic (exact) mass is 1600 g/mol. The Kier molecular flexibility index (Phi) is 24.3. The van der Waals surface area contributed by atoms with Crippen LogP contribution in [0.5, 0.6) is 0 Å². The van der Waals surface area contributed by atoms with Crippen LogP contribution < -0.4 is 23.1 Å². The maximum absolute atomic E-state index is 11.8. The predicted molar refractivity (Wildman–Crippen MR) is 458 cm³/mol. The van der Waals surface area contributed by atoms with Gasteiger partial charge in [0.25, 0.3) is 0 Å². The summed E-state index contributed by atoms with van der Waals surface area (Å²) in [5, 5.41) is 36.7. The SMILES string of the molecule is CCC12CC3CC(C1)C(=NO)C(C3)C2.CCC12CC3CC(C1)C(=O)C(C3)C2.CCC12CC3CC(C1)C(=S)C(C3)C2.CCC12CC3CC(C1)C(O)C(C3)C2.CCC12CC3CC(C1)C(S)C(C3)C2.NCC12CC3CC(C1)C(=NO)C(C3)C2.NCC12CC3CC(C1)C(=S)C(C3)C2.NCC12CC3CC(C1)C(S)C(C3)C2.NOCl. The molecule has 32 fully saturated rings. The molecule has 0 aromatic heterocycles. The maximum Gasteiger partial charge on any atom is 0.139 e. The topological polar surface area (TPSA) is 216 Å². The quantitative estimate of drug-likeness (QED) is 0.0482. The zero-order valence-electron chi connectivity index (χ0n) is 68.5. The van der Waals surface area contributed by atoms with Crippen LogP contribution >= 0.6 is 61.6 Å². The number of hydrogen-bond donors (Lipinski definition) is 9. The normalized spacial score (nSPS) is 52.9. The van der Waals surface area contributed by atoms with E-state index in [1.54, 1.807) is 6.42 Å². The van der Waals surface area contributed by atoms with Crippen LogP contribution in [0.4, 0.5) is 0 Å². The zero-order valence-corrected chi connectivity index (χ0v) is 72.7. The highest BCUT2D eigenvalue weighted by Gasteiger charge is 2.61. The largest absolute Gasteiger partial charge is 0.411 e. The number of carbonyl (C=O) groups is 1. The van der Waals surface area contributed by atoms with Crippen molar-refractivity contribution in [2.45, 2.75) is 340 Å². The molecule has 16 heteroatoms. The van der Waals surface area contributed by atoms with E-state index < -0.39 is 0 Å². The molecule has 32 aliphatic carbocycles. The number of carbonyl (C=O) groups excluding carboxylic acids is 1. The molecule has 11 nitrogen and oxygen atoms in total. The second-order valence-corrected chi connectivity index (χ2v) is 47.6. The summed E-state index contributed by atoms with van der Waals surface area (Å²) in [6.45, 7) is 14.4. The molecule has 0 amide bonds. The third-order valence-corrected chi connectivity index (χ3v) is 42.0. The average molecular weight is 1600 g/mol. The third-order valence-electron chi connectivity index (χ3n) is 39.0. The van der Waals surface area contributed by atoms with E-state index in [1.807, 2.05) is 0 Å². The Morgan fingerprint density at radius 2 is 0.541 bits per heavy atom. The van der Waals surface area contributed by atoms with E-state index in [1.165, 1.54) is 292 Å². The van der Waals surface area contributed by atoms with Crippen molar-refractivity contribution in [1.29, 1.82) is 0 Å². The van der Waals surface area contributed by atoms with E-state index in [9.17, 15) is 9.90 Å². The van der Waals surface area contributed by atoms with Crippen molar-refractivity contribution in [3.8, 4) is 0 Å². The minimum Gasteiger partial charge on any atom is -0.411 e. The van der Waals surface area contributed by atoms with Gasteiger partial charge < -0.3 is 32.7 Å². The first kappa shape index (κ1) is 82.2. The predicted octanol–water partition coefficient (Wildman–Crippen LogP) is 21.4. The molecule has 0 aliphatic heterocycles. The Balaban J connectivity index is 0.0000000943. The smallest absolute Gasteiger partial charge is 0.139 e. The number of ketones is 1. The van der Waals surface area contributed by atoms with Crippen molar-refractivity contribution < 1.29 is 24.7 Å². The van der Waals surface area contributed by atoms with E-state index in [0.717, 1.165) is 142 Å². The Morgan fingerprint density at radius 1 is 0.349 bits per heavy atom. The van der Waals surface area contributed by atoms with Gasteiger partial charge in [-0.2, -0.15) is 35.5 Å². The molecule has 0 spiro atoms. The van der Waals surface area contributed by atoms with Gasteiger partial charge >= 0.3 is 0 Å². The molecular formula is C93H151ClN6O5S4. The Bertz CT molecular complexity index is 2890. The van der Waals surface area contributed by atoms with Gasteiger partial charge in [-0.25, -0.2) is 0 Å². The molecule has 16 unspecified atom stereocenters. The van der Waals surface area contributed by atoms with E-state index >= 15 is 0 Å². The fraction of sp³-hybridized carbons (Fsp3) is 0.946. The van der Waals surface area contributed by atoms with Crippen LogP contribution in [0.25, 0.3) is 0 Å². The molecule has 109 heavy (non-hydrogen) atoms. The van der Waals surface area contributed by atoms with Crippen molar-refractivity contribution in [3.63, 3.8) is 0 Å². The van der Waals surface area contributed by atoms with Crippen molar-refractivity contribution >= 4 is 88.5 Å². The fourth-order valence-electron chi connectivity index (χ4n) is 35.3. The van der Waals surface area contributed by atoms with Gasteiger partial charge in [0.15, 0.2) is 0 Å². The molecule has 32 rings (SSSR count). The van der Waals surface area contributed by atoms with Crippen molar-refractivity contribution in [1.82, 2.24) is 0 Å². The lowest BCUT2D eigenvalue weighted by Gasteiger charge is -2.59. The zero-order chi connectivity index (χ0) is 76.5. The summed E-state index contributed by atoms with van der Waals surface area (Å²) < 4.78 is 3.22. The molecule has 0 aromatic carbocycles. The molecule has 0 radical (unpaired) electrons. The number of halogens is 1. The van der Waals surface area contributed by atoms with Crippen LogP contribution in [-0.2, 0) is 9.18 Å². The summed E-state index contributed by atoms with van der Waals surface area (Å²) in [4.78, 5) is 14.7. The van der Waals surface area contributed by atoms with Crippen molar-refractivity contribution in [2.75, 3.05) is 19.6 Å². The first-order valence-corrected chi connectivity index (χ1v) is 48.6. The molecule has 32 saturated carbocycles. The second kappa shape index (κ2) is 32.3. The van der Waals surface area contributed by atoms with Gasteiger partial charge in [-0.05, 0) is 436 Å². The fourth-order valence-corrected chi connectivity index (χ4v) is 36.9. The summed E-state index contributed by atoms with van der Waals surface area (Å²) >= 11 is 25.0. The van der Waals surface area contributed by atoms with Crippen LogP contribution in [0.1, 0.15) is 324 Å². The number of nitrogens with zero attached hydrogens (tertiary/aromatic N) is 2. The number of oxime groups is 2. The summed E-state index contributed by atoms with van der Waals surface area (Å²) in [5.74, 6) is 24.2. The maximum atomic E-state index is 11.8. The lowest BCUT2D eigenvalue weighted by Crippen LogP contribution is -2.54. The second-order valence-electron chi connectivity index (χ2n) is 45.3. The molecule has 0 saturated heterocycles. The minimum atomic E-state index is 0.0659. The summed E-state index contributed by atoms with van der Waals surface area (Å²) in [6, 6.07) is 0. The number of nitrogens with two attached hydrogens (primary N) is 4. The lowest BCUT2D eigenvalue weighted by molar-refractivity contribution is -0.147. The van der Waals surface area contributed by atoms with Crippen LogP contribution in [0.3, 0.4) is 0 Å². The highest BCUT2D eigenvalue weighted by Crippen LogP contribution is 2.68. The molecule has 0 aromatic rings.